The van der Waals surface area contributed by atoms with Gasteiger partial charge in [0, 0.05) is 18.0 Å². The Morgan fingerprint density at radius 1 is 1.25 bits per heavy atom. The Kier molecular flexibility index (Phi) is 4.08. The Morgan fingerprint density at radius 2 is 1.92 bits per heavy atom. The number of phenols is 1. The molecule has 0 aliphatic heterocycles. The maximum absolute atomic E-state index is 11.1. The Labute approximate surface area is 138 Å². The minimum absolute atomic E-state index is 0.232. The third kappa shape index (κ3) is 3.15. The van der Waals surface area contributed by atoms with Crippen LogP contribution in [0.15, 0.2) is 40.8 Å². The zero-order valence-corrected chi connectivity index (χ0v) is 13.4. The molecule has 0 unspecified atom stereocenters. The second kappa shape index (κ2) is 6.20. The standard InChI is InChI=1S/C19H17NO4/c1-11-7-13(8-12(2)18(11)23)9-14(10-17(21)22)19-20-15-5-3-4-6-16(15)24-19/h3-9,23H,10H2,1-2H3,(H,21,22)/p-1/b14-9+. The van der Waals surface area contributed by atoms with Crippen molar-refractivity contribution in [2.75, 3.05) is 0 Å². The van der Waals surface area contributed by atoms with Crippen LogP contribution in [0.3, 0.4) is 0 Å². The van der Waals surface area contributed by atoms with Gasteiger partial charge in [0.25, 0.3) is 0 Å². The number of carboxylic acids is 1. The van der Waals surface area contributed by atoms with Crippen LogP contribution in [0.5, 0.6) is 5.75 Å². The first-order chi connectivity index (χ1) is 11.4. The molecule has 5 nitrogen and oxygen atoms in total. The summed E-state index contributed by atoms with van der Waals surface area (Å²) in [5, 5.41) is 21.0. The van der Waals surface area contributed by atoms with Crippen LogP contribution < -0.4 is 5.11 Å². The molecule has 122 valence electrons. The summed E-state index contributed by atoms with van der Waals surface area (Å²) < 4.78 is 5.67. The number of aromatic nitrogens is 1. The molecule has 3 aromatic rings. The molecule has 0 aliphatic carbocycles. The van der Waals surface area contributed by atoms with E-state index in [0.29, 0.717) is 27.8 Å². The van der Waals surface area contributed by atoms with Crippen molar-refractivity contribution in [1.29, 1.82) is 0 Å². The minimum Gasteiger partial charge on any atom is -0.550 e. The molecule has 1 aromatic heterocycles. The number of nitrogens with zero attached hydrogens (tertiary/aromatic N) is 1. The number of carboxylic acid groups (broad SMARTS) is 1. The van der Waals surface area contributed by atoms with Gasteiger partial charge in [-0.25, -0.2) is 4.98 Å². The van der Waals surface area contributed by atoms with Crippen molar-refractivity contribution in [3.63, 3.8) is 0 Å². The van der Waals surface area contributed by atoms with Gasteiger partial charge in [-0.15, -0.1) is 0 Å². The molecule has 3 rings (SSSR count). The normalized spacial score (nSPS) is 11.8. The third-order valence-electron chi connectivity index (χ3n) is 3.76. The molecular formula is C19H16NO4-. The number of phenolic OH excluding ortho intramolecular Hbond substituents is 1. The zero-order valence-electron chi connectivity index (χ0n) is 13.4. The first kappa shape index (κ1) is 15.8. The van der Waals surface area contributed by atoms with E-state index in [1.54, 1.807) is 44.2 Å². The van der Waals surface area contributed by atoms with Gasteiger partial charge in [0.2, 0.25) is 5.89 Å². The Bertz CT molecular complexity index is 897. The number of aliphatic carboxylic acids is 1. The number of fused-ring (bicyclic) bond motifs is 1. The highest BCUT2D eigenvalue weighted by Crippen LogP contribution is 2.28. The van der Waals surface area contributed by atoms with Crippen LogP contribution in [0.1, 0.15) is 29.0 Å². The molecule has 0 radical (unpaired) electrons. The van der Waals surface area contributed by atoms with Crippen molar-refractivity contribution < 1.29 is 19.4 Å². The predicted molar refractivity (Wildman–Crippen MR) is 89.1 cm³/mol. The van der Waals surface area contributed by atoms with Gasteiger partial charge in [-0.1, -0.05) is 12.1 Å². The van der Waals surface area contributed by atoms with Crippen molar-refractivity contribution in [2.45, 2.75) is 20.3 Å². The van der Waals surface area contributed by atoms with Gasteiger partial charge in [0.15, 0.2) is 5.58 Å². The van der Waals surface area contributed by atoms with Crippen molar-refractivity contribution in [1.82, 2.24) is 4.98 Å². The molecule has 1 N–H and O–H groups in total. The molecular weight excluding hydrogens is 306 g/mol. The number of hydrogen-bond donors (Lipinski definition) is 1. The second-order valence-electron chi connectivity index (χ2n) is 5.71. The Hall–Kier alpha value is -3.08. The lowest BCUT2D eigenvalue weighted by molar-refractivity contribution is -0.304. The number of rotatable bonds is 4. The number of benzene rings is 2. The number of para-hydroxylation sites is 2. The molecule has 5 heteroatoms. The number of oxazole rings is 1. The fourth-order valence-corrected chi connectivity index (χ4v) is 2.63. The number of hydrogen-bond acceptors (Lipinski definition) is 5. The van der Waals surface area contributed by atoms with E-state index >= 15 is 0 Å². The molecule has 0 fully saturated rings. The number of carbonyl (C=O) groups excluding carboxylic acids is 1. The summed E-state index contributed by atoms with van der Waals surface area (Å²) in [6.07, 6.45) is 1.38. The maximum atomic E-state index is 11.1. The smallest absolute Gasteiger partial charge is 0.223 e. The van der Waals surface area contributed by atoms with Crippen LogP contribution in [-0.2, 0) is 4.79 Å². The first-order valence-electron chi connectivity index (χ1n) is 7.50. The van der Waals surface area contributed by atoms with E-state index in [2.05, 4.69) is 4.98 Å². The SMILES string of the molecule is Cc1cc(/C=C(\CC(=O)[O-])c2nc3ccccc3o2)cc(C)c1O. The lowest BCUT2D eigenvalue weighted by Crippen LogP contribution is -2.22. The van der Waals surface area contributed by atoms with Crippen LogP contribution in [0, 0.1) is 13.8 Å². The Morgan fingerprint density at radius 3 is 2.54 bits per heavy atom. The highest BCUT2D eigenvalue weighted by Gasteiger charge is 2.12. The average Bonchev–Trinajstić information content (AvgIpc) is 2.95. The van der Waals surface area contributed by atoms with E-state index in [4.69, 9.17) is 4.42 Å². The van der Waals surface area contributed by atoms with Crippen molar-refractivity contribution in [3.8, 4) is 5.75 Å². The number of aromatic hydroxyl groups is 1. The van der Waals surface area contributed by atoms with Crippen molar-refractivity contribution >= 4 is 28.7 Å². The predicted octanol–water partition coefficient (Wildman–Crippen LogP) is 2.83. The molecule has 0 saturated carbocycles. The molecule has 0 spiro atoms. The van der Waals surface area contributed by atoms with Crippen molar-refractivity contribution in [2.24, 2.45) is 0 Å². The van der Waals surface area contributed by atoms with E-state index in [-0.39, 0.29) is 18.1 Å². The van der Waals surface area contributed by atoms with E-state index in [1.165, 1.54) is 0 Å². The van der Waals surface area contributed by atoms with Gasteiger partial charge < -0.3 is 19.4 Å². The van der Waals surface area contributed by atoms with E-state index < -0.39 is 5.97 Å². The van der Waals surface area contributed by atoms with E-state index in [1.807, 2.05) is 12.1 Å². The quantitative estimate of drug-likeness (QED) is 0.798. The van der Waals surface area contributed by atoms with Gasteiger partial charge in [-0.3, -0.25) is 0 Å². The topological polar surface area (TPSA) is 86.4 Å². The number of aryl methyl sites for hydroxylation is 2. The fourth-order valence-electron chi connectivity index (χ4n) is 2.63. The monoisotopic (exact) mass is 322 g/mol. The van der Waals surface area contributed by atoms with Gasteiger partial charge in [-0.05, 0) is 60.9 Å². The summed E-state index contributed by atoms with van der Waals surface area (Å²) in [5.41, 5.74) is 3.86. The highest BCUT2D eigenvalue weighted by atomic mass is 16.4. The van der Waals surface area contributed by atoms with E-state index in [0.717, 1.165) is 5.56 Å². The van der Waals surface area contributed by atoms with Gasteiger partial charge in [-0.2, -0.15) is 0 Å². The zero-order chi connectivity index (χ0) is 17.3. The molecule has 0 amide bonds. The van der Waals surface area contributed by atoms with Crippen molar-refractivity contribution in [3.05, 3.63) is 59.0 Å². The fraction of sp³-hybridized carbons (Fsp3) is 0.158. The van der Waals surface area contributed by atoms with E-state index in [9.17, 15) is 15.0 Å². The molecule has 0 bridgehead atoms. The van der Waals surface area contributed by atoms with Crippen LogP contribution in [0.2, 0.25) is 0 Å². The second-order valence-corrected chi connectivity index (χ2v) is 5.71. The van der Waals surface area contributed by atoms with Gasteiger partial charge in [0.1, 0.15) is 11.3 Å². The van der Waals surface area contributed by atoms with Crippen LogP contribution >= 0.6 is 0 Å². The first-order valence-corrected chi connectivity index (χ1v) is 7.50. The molecule has 1 heterocycles. The summed E-state index contributed by atoms with van der Waals surface area (Å²) in [4.78, 5) is 15.5. The Balaban J connectivity index is 2.10. The largest absolute Gasteiger partial charge is 0.550 e. The summed E-state index contributed by atoms with van der Waals surface area (Å²) in [5.74, 6) is -0.727. The lowest BCUT2D eigenvalue weighted by atomic mass is 10.0. The summed E-state index contributed by atoms with van der Waals surface area (Å²) in [6, 6.07) is 10.8. The highest BCUT2D eigenvalue weighted by molar-refractivity contribution is 5.90. The summed E-state index contributed by atoms with van der Waals surface area (Å²) in [6.45, 7) is 3.58. The van der Waals surface area contributed by atoms with Crippen LogP contribution in [0.4, 0.5) is 0 Å². The average molecular weight is 322 g/mol. The van der Waals surface area contributed by atoms with Gasteiger partial charge in [0.05, 0.1) is 0 Å². The van der Waals surface area contributed by atoms with Crippen LogP contribution in [0.25, 0.3) is 22.7 Å². The molecule has 24 heavy (non-hydrogen) atoms. The summed E-state index contributed by atoms with van der Waals surface area (Å²) >= 11 is 0. The molecule has 2 aromatic carbocycles. The van der Waals surface area contributed by atoms with Gasteiger partial charge >= 0.3 is 0 Å². The number of carbonyl (C=O) groups is 1. The third-order valence-corrected chi connectivity index (χ3v) is 3.76. The molecule has 0 atom stereocenters. The summed E-state index contributed by atoms with van der Waals surface area (Å²) in [7, 11) is 0. The molecule has 0 saturated heterocycles. The lowest BCUT2D eigenvalue weighted by Gasteiger charge is -2.08. The maximum Gasteiger partial charge on any atom is 0.223 e. The molecule has 0 aliphatic rings. The minimum atomic E-state index is -1.21. The van der Waals surface area contributed by atoms with Crippen LogP contribution in [-0.4, -0.2) is 16.1 Å².